The highest BCUT2D eigenvalue weighted by atomic mass is 19.1. The first-order valence-electron chi connectivity index (χ1n) is 9.06. The Morgan fingerprint density at radius 2 is 1.88 bits per heavy atom. The van der Waals surface area contributed by atoms with Crippen molar-refractivity contribution in [3.63, 3.8) is 0 Å². The van der Waals surface area contributed by atoms with Crippen molar-refractivity contribution < 1.29 is 13.9 Å². The number of ether oxygens (including phenoxy) is 1. The number of nitrogens with zero attached hydrogens (tertiary/aromatic N) is 1. The molecule has 1 aromatic carbocycles. The molecule has 0 spiro atoms. The zero-order chi connectivity index (χ0) is 16.8. The first kappa shape index (κ1) is 17.4. The number of hydrogen-bond acceptors (Lipinski definition) is 3. The van der Waals surface area contributed by atoms with Crippen molar-refractivity contribution in [3.05, 3.63) is 35.6 Å². The molecule has 1 saturated carbocycles. The minimum absolute atomic E-state index is 0.0713. The molecule has 1 atom stereocenters. The number of benzene rings is 1. The summed E-state index contributed by atoms with van der Waals surface area (Å²) in [4.78, 5) is 14.6. The predicted molar refractivity (Wildman–Crippen MR) is 91.1 cm³/mol. The van der Waals surface area contributed by atoms with Crippen molar-refractivity contribution in [2.45, 2.75) is 38.1 Å². The second-order valence-electron chi connectivity index (χ2n) is 6.87. The average molecular weight is 334 g/mol. The normalized spacial score (nSPS) is 20.9. The molecule has 1 aromatic rings. The Morgan fingerprint density at radius 3 is 2.54 bits per heavy atom. The lowest BCUT2D eigenvalue weighted by Gasteiger charge is -2.35. The molecule has 2 fully saturated rings. The van der Waals surface area contributed by atoms with Gasteiger partial charge in [-0.2, -0.15) is 0 Å². The Kier molecular flexibility index (Phi) is 6.21. The molecule has 5 heteroatoms. The van der Waals surface area contributed by atoms with E-state index in [1.165, 1.54) is 37.8 Å². The molecule has 1 unspecified atom stereocenters. The SMILES string of the molecule is O=C(CC1CCCC1)NCC(c1ccc(F)cc1)N1CCOCC1. The molecular formula is C19H27FN2O2. The molecule has 24 heavy (non-hydrogen) atoms. The fourth-order valence-electron chi connectivity index (χ4n) is 3.79. The number of morpholine rings is 1. The van der Waals surface area contributed by atoms with Crippen molar-refractivity contribution in [2.75, 3.05) is 32.8 Å². The van der Waals surface area contributed by atoms with Crippen LogP contribution in [-0.4, -0.2) is 43.7 Å². The molecule has 1 N–H and O–H groups in total. The summed E-state index contributed by atoms with van der Waals surface area (Å²) in [7, 11) is 0. The van der Waals surface area contributed by atoms with Gasteiger partial charge in [0.25, 0.3) is 0 Å². The van der Waals surface area contributed by atoms with Gasteiger partial charge in [0.05, 0.1) is 19.3 Å². The van der Waals surface area contributed by atoms with Crippen LogP contribution in [0, 0.1) is 11.7 Å². The van der Waals surface area contributed by atoms with Gasteiger partial charge < -0.3 is 10.1 Å². The summed E-state index contributed by atoms with van der Waals surface area (Å²) in [6.45, 7) is 3.64. The van der Waals surface area contributed by atoms with Crippen LogP contribution in [0.3, 0.4) is 0 Å². The molecule has 0 radical (unpaired) electrons. The molecule has 1 aliphatic heterocycles. The Hall–Kier alpha value is -1.46. The van der Waals surface area contributed by atoms with Gasteiger partial charge >= 0.3 is 0 Å². The standard InChI is InChI=1S/C19H27FN2O2/c20-17-7-5-16(6-8-17)18(22-9-11-24-12-10-22)14-21-19(23)13-15-3-1-2-4-15/h5-8,15,18H,1-4,9-14H2,(H,21,23). The highest BCUT2D eigenvalue weighted by molar-refractivity contribution is 5.76. The van der Waals surface area contributed by atoms with Gasteiger partial charge in [0, 0.05) is 26.1 Å². The molecule has 1 heterocycles. The Labute approximate surface area is 143 Å². The van der Waals surface area contributed by atoms with Crippen LogP contribution in [0.4, 0.5) is 4.39 Å². The third kappa shape index (κ3) is 4.77. The highest BCUT2D eigenvalue weighted by Crippen LogP contribution is 2.27. The van der Waals surface area contributed by atoms with Gasteiger partial charge in [-0.05, 0) is 36.5 Å². The lowest BCUT2D eigenvalue weighted by molar-refractivity contribution is -0.122. The van der Waals surface area contributed by atoms with Crippen LogP contribution in [0.15, 0.2) is 24.3 Å². The molecule has 0 aromatic heterocycles. The molecular weight excluding hydrogens is 307 g/mol. The number of carbonyl (C=O) groups excluding carboxylic acids is 1. The monoisotopic (exact) mass is 334 g/mol. The van der Waals surface area contributed by atoms with Gasteiger partial charge in [0.2, 0.25) is 5.91 Å². The van der Waals surface area contributed by atoms with Crippen LogP contribution < -0.4 is 5.32 Å². The van der Waals surface area contributed by atoms with Gasteiger partial charge in [-0.15, -0.1) is 0 Å². The molecule has 132 valence electrons. The van der Waals surface area contributed by atoms with Crippen LogP contribution in [0.25, 0.3) is 0 Å². The second kappa shape index (κ2) is 8.58. The summed E-state index contributed by atoms with van der Waals surface area (Å²) in [6.07, 6.45) is 5.50. The number of hydrogen-bond donors (Lipinski definition) is 1. The summed E-state index contributed by atoms with van der Waals surface area (Å²) in [5.41, 5.74) is 1.04. The fraction of sp³-hybridized carbons (Fsp3) is 0.632. The van der Waals surface area contributed by atoms with E-state index >= 15 is 0 Å². The smallest absolute Gasteiger partial charge is 0.220 e. The Morgan fingerprint density at radius 1 is 1.21 bits per heavy atom. The van der Waals surface area contributed by atoms with E-state index in [-0.39, 0.29) is 17.8 Å². The molecule has 0 bridgehead atoms. The summed E-state index contributed by atoms with van der Waals surface area (Å²) >= 11 is 0. The van der Waals surface area contributed by atoms with Gasteiger partial charge in [-0.25, -0.2) is 4.39 Å². The lowest BCUT2D eigenvalue weighted by Crippen LogP contribution is -2.44. The largest absolute Gasteiger partial charge is 0.379 e. The van der Waals surface area contributed by atoms with E-state index in [0.29, 0.717) is 32.1 Å². The molecule has 4 nitrogen and oxygen atoms in total. The topological polar surface area (TPSA) is 41.6 Å². The van der Waals surface area contributed by atoms with Crippen molar-refractivity contribution >= 4 is 5.91 Å². The maximum absolute atomic E-state index is 13.2. The summed E-state index contributed by atoms with van der Waals surface area (Å²) < 4.78 is 18.7. The molecule has 1 saturated heterocycles. The molecule has 3 rings (SSSR count). The molecule has 2 aliphatic rings. The quantitative estimate of drug-likeness (QED) is 0.870. The van der Waals surface area contributed by atoms with E-state index in [1.54, 1.807) is 0 Å². The van der Waals surface area contributed by atoms with Crippen molar-refractivity contribution in [1.29, 1.82) is 0 Å². The maximum Gasteiger partial charge on any atom is 0.220 e. The first-order valence-corrected chi connectivity index (χ1v) is 9.06. The third-order valence-corrected chi connectivity index (χ3v) is 5.18. The summed E-state index contributed by atoms with van der Waals surface area (Å²) in [6, 6.07) is 6.69. The van der Waals surface area contributed by atoms with Gasteiger partial charge in [-0.3, -0.25) is 9.69 Å². The Balaban J connectivity index is 1.60. The molecule has 1 aliphatic carbocycles. The van der Waals surface area contributed by atoms with E-state index in [0.717, 1.165) is 18.7 Å². The number of halogens is 1. The van der Waals surface area contributed by atoms with Crippen LogP contribution in [0.1, 0.15) is 43.7 Å². The third-order valence-electron chi connectivity index (χ3n) is 5.18. The predicted octanol–water partition coefficient (Wildman–Crippen LogP) is 2.90. The second-order valence-corrected chi connectivity index (χ2v) is 6.87. The minimum Gasteiger partial charge on any atom is -0.379 e. The van der Waals surface area contributed by atoms with Gasteiger partial charge in [-0.1, -0.05) is 25.0 Å². The zero-order valence-electron chi connectivity index (χ0n) is 14.2. The van der Waals surface area contributed by atoms with Crippen molar-refractivity contribution in [1.82, 2.24) is 10.2 Å². The summed E-state index contributed by atoms with van der Waals surface area (Å²) in [5.74, 6) is 0.463. The zero-order valence-corrected chi connectivity index (χ0v) is 14.2. The van der Waals surface area contributed by atoms with Crippen molar-refractivity contribution in [2.24, 2.45) is 5.92 Å². The molecule has 1 amide bonds. The van der Waals surface area contributed by atoms with Crippen LogP contribution in [0.2, 0.25) is 0 Å². The van der Waals surface area contributed by atoms with E-state index in [1.807, 2.05) is 12.1 Å². The summed E-state index contributed by atoms with van der Waals surface area (Å²) in [5, 5.41) is 3.10. The van der Waals surface area contributed by atoms with Crippen molar-refractivity contribution in [3.8, 4) is 0 Å². The fourth-order valence-corrected chi connectivity index (χ4v) is 3.79. The number of carbonyl (C=O) groups is 1. The Bertz CT molecular complexity index is 523. The van der Waals surface area contributed by atoms with Gasteiger partial charge in [0.15, 0.2) is 0 Å². The van der Waals surface area contributed by atoms with E-state index in [9.17, 15) is 9.18 Å². The van der Waals surface area contributed by atoms with Gasteiger partial charge in [0.1, 0.15) is 5.82 Å². The highest BCUT2D eigenvalue weighted by Gasteiger charge is 2.24. The minimum atomic E-state index is -0.232. The lowest BCUT2D eigenvalue weighted by atomic mass is 10.0. The van der Waals surface area contributed by atoms with E-state index in [2.05, 4.69) is 10.2 Å². The van der Waals surface area contributed by atoms with E-state index in [4.69, 9.17) is 4.74 Å². The van der Waals surface area contributed by atoms with Crippen LogP contribution >= 0.6 is 0 Å². The van der Waals surface area contributed by atoms with Crippen LogP contribution in [0.5, 0.6) is 0 Å². The number of nitrogens with one attached hydrogen (secondary N) is 1. The van der Waals surface area contributed by atoms with Crippen LogP contribution in [-0.2, 0) is 9.53 Å². The number of amides is 1. The first-order chi connectivity index (χ1) is 11.7. The maximum atomic E-state index is 13.2. The number of rotatable bonds is 6. The average Bonchev–Trinajstić information content (AvgIpc) is 3.10. The van der Waals surface area contributed by atoms with E-state index < -0.39 is 0 Å².